The van der Waals surface area contributed by atoms with Gasteiger partial charge in [0.1, 0.15) is 0 Å². The Morgan fingerprint density at radius 3 is 1.94 bits per heavy atom. The van der Waals surface area contributed by atoms with E-state index in [1.807, 2.05) is 0 Å². The number of hydrazone groups is 1. The third-order valence-corrected chi connectivity index (χ3v) is 2.00. The molecule has 0 aliphatic heterocycles. The predicted molar refractivity (Wildman–Crippen MR) is 62.8 cm³/mol. The molecule has 0 amide bonds. The Bertz CT molecular complexity index is 466. The number of hydrogen-bond acceptors (Lipinski definition) is 4. The largest absolute Gasteiger partial charge is 0.476 e. The predicted octanol–water partition coefficient (Wildman–Crippen LogP) is 1.93. The van der Waals surface area contributed by atoms with Gasteiger partial charge >= 0.3 is 11.9 Å². The van der Waals surface area contributed by atoms with E-state index >= 15 is 0 Å². The molecule has 0 atom stereocenters. The second-order valence-corrected chi connectivity index (χ2v) is 3.71. The summed E-state index contributed by atoms with van der Waals surface area (Å²) in [5.41, 5.74) is 1.49. The van der Waals surface area contributed by atoms with Crippen LogP contribution in [0.15, 0.2) is 23.3 Å². The number of carbonyl (C=O) groups is 2. The second kappa shape index (κ2) is 5.51. The molecule has 0 saturated heterocycles. The number of benzene rings is 1. The lowest BCUT2D eigenvalue weighted by Crippen LogP contribution is -2.24. The fourth-order valence-electron chi connectivity index (χ4n) is 0.926. The molecule has 0 aliphatic carbocycles. The van der Waals surface area contributed by atoms with Gasteiger partial charge in [0.25, 0.3) is 5.71 Å². The highest BCUT2D eigenvalue weighted by Gasteiger charge is 2.18. The standard InChI is InChI=1S/C9H6Cl2N2O4/c10-4-1-5(11)3-6(2-4)12-13-7(8(14)15)9(16)17/h1-3,12H,(H,14,15)(H,16,17). The van der Waals surface area contributed by atoms with Gasteiger partial charge < -0.3 is 10.2 Å². The fourth-order valence-corrected chi connectivity index (χ4v) is 1.45. The van der Waals surface area contributed by atoms with Crippen molar-refractivity contribution >= 4 is 46.5 Å². The summed E-state index contributed by atoms with van der Waals surface area (Å²) >= 11 is 11.4. The van der Waals surface area contributed by atoms with Gasteiger partial charge in [-0.15, -0.1) is 0 Å². The summed E-state index contributed by atoms with van der Waals surface area (Å²) in [4.78, 5) is 21.0. The molecule has 1 rings (SSSR count). The van der Waals surface area contributed by atoms with Gasteiger partial charge in [0, 0.05) is 10.0 Å². The topological polar surface area (TPSA) is 99.0 Å². The number of anilines is 1. The molecule has 0 radical (unpaired) electrons. The summed E-state index contributed by atoms with van der Waals surface area (Å²) in [5.74, 6) is -3.31. The van der Waals surface area contributed by atoms with Crippen molar-refractivity contribution in [3.63, 3.8) is 0 Å². The van der Waals surface area contributed by atoms with Crippen LogP contribution in [0.3, 0.4) is 0 Å². The summed E-state index contributed by atoms with van der Waals surface area (Å²) in [6, 6.07) is 4.30. The zero-order valence-electron chi connectivity index (χ0n) is 8.15. The Hall–Kier alpha value is -1.79. The van der Waals surface area contributed by atoms with Gasteiger partial charge in [-0.3, -0.25) is 5.43 Å². The molecule has 0 fully saturated rings. The van der Waals surface area contributed by atoms with Crippen LogP contribution in [-0.2, 0) is 9.59 Å². The molecule has 90 valence electrons. The first-order chi connectivity index (χ1) is 7.90. The van der Waals surface area contributed by atoms with Crippen LogP contribution < -0.4 is 5.43 Å². The lowest BCUT2D eigenvalue weighted by molar-refractivity contribution is -0.134. The monoisotopic (exact) mass is 276 g/mol. The van der Waals surface area contributed by atoms with Gasteiger partial charge in [0.05, 0.1) is 5.69 Å². The van der Waals surface area contributed by atoms with Gasteiger partial charge in [0.2, 0.25) is 0 Å². The zero-order valence-corrected chi connectivity index (χ0v) is 9.66. The van der Waals surface area contributed by atoms with E-state index in [-0.39, 0.29) is 5.69 Å². The van der Waals surface area contributed by atoms with Crippen LogP contribution in [0.4, 0.5) is 5.69 Å². The minimum Gasteiger partial charge on any atom is -0.476 e. The van der Waals surface area contributed by atoms with Gasteiger partial charge in [-0.1, -0.05) is 23.2 Å². The van der Waals surface area contributed by atoms with E-state index in [0.29, 0.717) is 10.0 Å². The molecule has 0 aliphatic rings. The smallest absolute Gasteiger partial charge is 0.364 e. The zero-order chi connectivity index (χ0) is 13.0. The molecule has 0 aromatic heterocycles. The lowest BCUT2D eigenvalue weighted by atomic mass is 10.3. The van der Waals surface area contributed by atoms with Gasteiger partial charge in [-0.2, -0.15) is 5.10 Å². The van der Waals surface area contributed by atoms with E-state index in [9.17, 15) is 9.59 Å². The minimum absolute atomic E-state index is 0.280. The Labute approximate surface area is 105 Å². The van der Waals surface area contributed by atoms with Gasteiger partial charge in [-0.25, -0.2) is 9.59 Å². The summed E-state index contributed by atoms with van der Waals surface area (Å²) in [5, 5.41) is 20.9. The number of aliphatic carboxylic acids is 2. The first kappa shape index (κ1) is 13.3. The molecule has 0 saturated carbocycles. The van der Waals surface area contributed by atoms with Crippen molar-refractivity contribution in [3.05, 3.63) is 28.2 Å². The van der Waals surface area contributed by atoms with E-state index in [4.69, 9.17) is 33.4 Å². The molecular weight excluding hydrogens is 271 g/mol. The second-order valence-electron chi connectivity index (χ2n) is 2.84. The van der Waals surface area contributed by atoms with Crippen molar-refractivity contribution in [1.82, 2.24) is 0 Å². The Morgan fingerprint density at radius 1 is 1.06 bits per heavy atom. The number of hydrogen-bond donors (Lipinski definition) is 3. The third-order valence-electron chi connectivity index (χ3n) is 1.56. The minimum atomic E-state index is -1.65. The number of halogens is 2. The molecule has 0 spiro atoms. The van der Waals surface area contributed by atoms with Crippen molar-refractivity contribution in [2.24, 2.45) is 5.10 Å². The Morgan fingerprint density at radius 2 is 1.53 bits per heavy atom. The third kappa shape index (κ3) is 3.93. The van der Waals surface area contributed by atoms with Crippen LogP contribution in [0.5, 0.6) is 0 Å². The lowest BCUT2D eigenvalue weighted by Gasteiger charge is -2.02. The number of carboxylic acids is 2. The highest BCUT2D eigenvalue weighted by Crippen LogP contribution is 2.22. The quantitative estimate of drug-likeness (QED) is 0.443. The number of rotatable bonds is 4. The van der Waals surface area contributed by atoms with E-state index in [2.05, 4.69) is 10.5 Å². The maximum Gasteiger partial charge on any atom is 0.364 e. The highest BCUT2D eigenvalue weighted by molar-refractivity contribution is 6.61. The molecule has 1 aromatic carbocycles. The van der Waals surface area contributed by atoms with Crippen LogP contribution >= 0.6 is 23.2 Å². The van der Waals surface area contributed by atoms with E-state index in [1.165, 1.54) is 18.2 Å². The number of nitrogens with zero attached hydrogens (tertiary/aromatic N) is 1. The van der Waals surface area contributed by atoms with Crippen LogP contribution in [-0.4, -0.2) is 27.9 Å². The van der Waals surface area contributed by atoms with Crippen molar-refractivity contribution < 1.29 is 19.8 Å². The number of nitrogens with one attached hydrogen (secondary N) is 1. The van der Waals surface area contributed by atoms with E-state index in [0.717, 1.165) is 0 Å². The molecule has 17 heavy (non-hydrogen) atoms. The average molecular weight is 277 g/mol. The Kier molecular flexibility index (Phi) is 4.30. The van der Waals surface area contributed by atoms with Crippen LogP contribution in [0, 0.1) is 0 Å². The summed E-state index contributed by atoms with van der Waals surface area (Å²) in [6.07, 6.45) is 0. The van der Waals surface area contributed by atoms with Gasteiger partial charge in [0.15, 0.2) is 0 Å². The van der Waals surface area contributed by atoms with E-state index in [1.54, 1.807) is 0 Å². The van der Waals surface area contributed by atoms with E-state index < -0.39 is 17.7 Å². The number of carboxylic acid groups (broad SMARTS) is 2. The maximum absolute atomic E-state index is 10.5. The Balaban J connectivity index is 2.94. The maximum atomic E-state index is 10.5. The van der Waals surface area contributed by atoms with Crippen molar-refractivity contribution in [2.75, 3.05) is 5.43 Å². The molecule has 0 heterocycles. The van der Waals surface area contributed by atoms with Crippen molar-refractivity contribution in [2.45, 2.75) is 0 Å². The molecule has 0 unspecified atom stereocenters. The van der Waals surface area contributed by atoms with Gasteiger partial charge in [-0.05, 0) is 18.2 Å². The summed E-state index contributed by atoms with van der Waals surface area (Å²) in [6.45, 7) is 0. The SMILES string of the molecule is O=C(O)C(=NNc1cc(Cl)cc(Cl)c1)C(=O)O. The molecule has 3 N–H and O–H groups in total. The normalized spacial score (nSPS) is 9.53. The van der Waals surface area contributed by atoms with Crippen LogP contribution in [0.25, 0.3) is 0 Å². The molecular formula is C9H6Cl2N2O4. The highest BCUT2D eigenvalue weighted by atomic mass is 35.5. The van der Waals surface area contributed by atoms with Crippen molar-refractivity contribution in [3.8, 4) is 0 Å². The molecule has 6 nitrogen and oxygen atoms in total. The van der Waals surface area contributed by atoms with Crippen LogP contribution in [0.2, 0.25) is 10.0 Å². The van der Waals surface area contributed by atoms with Crippen LogP contribution in [0.1, 0.15) is 0 Å². The summed E-state index contributed by atoms with van der Waals surface area (Å²) in [7, 11) is 0. The average Bonchev–Trinajstić information content (AvgIpc) is 2.14. The molecule has 1 aromatic rings. The fraction of sp³-hybridized carbons (Fsp3) is 0. The van der Waals surface area contributed by atoms with Crippen molar-refractivity contribution in [1.29, 1.82) is 0 Å². The summed E-state index contributed by atoms with van der Waals surface area (Å²) < 4.78 is 0. The first-order valence-corrected chi connectivity index (χ1v) is 4.92. The molecule has 0 bridgehead atoms. The molecule has 8 heteroatoms. The first-order valence-electron chi connectivity index (χ1n) is 4.16.